The molecule has 4 fully saturated rings. The Morgan fingerprint density at radius 2 is 1.75 bits per heavy atom. The molecular formula is C51H80ClN3O4. The molecule has 0 aliphatic heterocycles. The van der Waals surface area contributed by atoms with Crippen molar-refractivity contribution in [3.8, 4) is 0 Å². The average molecular weight is 835 g/mol. The first kappa shape index (κ1) is 46.0. The second-order valence-corrected chi connectivity index (χ2v) is 22.7. The van der Waals surface area contributed by atoms with Crippen molar-refractivity contribution in [1.82, 2.24) is 14.3 Å². The lowest BCUT2D eigenvalue weighted by Crippen LogP contribution is -2.65. The van der Waals surface area contributed by atoms with Crippen LogP contribution in [0.2, 0.25) is 0 Å². The summed E-state index contributed by atoms with van der Waals surface area (Å²) in [5.74, 6) is 2.43. The third kappa shape index (κ3) is 7.82. The maximum Gasteiger partial charge on any atom is 0.307 e. The number of likely N-dealkylation sites (N-methyl/N-ethyl adjacent to an activating group) is 1. The number of allylic oxidation sites excluding steroid dienone is 7. The molecule has 5 aliphatic rings. The molecule has 6 rings (SSSR count). The van der Waals surface area contributed by atoms with Crippen LogP contribution in [0.1, 0.15) is 152 Å². The first-order valence-electron chi connectivity index (χ1n) is 23.2. The fraction of sp³-hybridized carbons (Fsp3) is 0.765. The Kier molecular flexibility index (Phi) is 13.0. The van der Waals surface area contributed by atoms with E-state index >= 15 is 0 Å². The summed E-state index contributed by atoms with van der Waals surface area (Å²) in [4.78, 5) is 29.6. The van der Waals surface area contributed by atoms with Crippen LogP contribution >= 0.6 is 11.6 Å². The Balaban J connectivity index is 1.33. The molecule has 1 aromatic heterocycles. The number of ether oxygens (including phenoxy) is 1. The fourth-order valence-electron chi connectivity index (χ4n) is 14.3. The lowest BCUT2D eigenvalue weighted by atomic mass is 9.33. The van der Waals surface area contributed by atoms with Gasteiger partial charge in [0.05, 0.1) is 24.4 Å². The van der Waals surface area contributed by atoms with Gasteiger partial charge in [-0.15, -0.1) is 11.6 Å². The number of halogens is 1. The van der Waals surface area contributed by atoms with Gasteiger partial charge in [-0.05, 0) is 149 Å². The molecule has 8 atom stereocenters. The molecule has 0 radical (unpaired) electrons. The van der Waals surface area contributed by atoms with E-state index in [1.165, 1.54) is 50.6 Å². The highest BCUT2D eigenvalue weighted by molar-refractivity contribution is 6.17. The summed E-state index contributed by atoms with van der Waals surface area (Å²) < 4.78 is 10.6. The van der Waals surface area contributed by atoms with Crippen LogP contribution in [0.25, 0.3) is 5.70 Å². The Morgan fingerprint density at radius 1 is 1.03 bits per heavy atom. The molecular weight excluding hydrogens is 754 g/mol. The number of aliphatic hydroxyl groups excluding tert-OH is 1. The van der Waals surface area contributed by atoms with Crippen LogP contribution in [0.3, 0.4) is 0 Å². The van der Waals surface area contributed by atoms with E-state index in [0.29, 0.717) is 36.0 Å². The van der Waals surface area contributed by atoms with Gasteiger partial charge in [-0.1, -0.05) is 92.2 Å². The van der Waals surface area contributed by atoms with Gasteiger partial charge in [0.25, 0.3) is 5.56 Å². The van der Waals surface area contributed by atoms with E-state index < -0.39 is 5.41 Å². The maximum absolute atomic E-state index is 14.1. The number of carbonyl (C=O) groups excluding carboxylic acids is 1. The first-order valence-corrected chi connectivity index (χ1v) is 23.7. The molecule has 4 saturated carbocycles. The van der Waals surface area contributed by atoms with Crippen molar-refractivity contribution in [3.63, 3.8) is 0 Å². The van der Waals surface area contributed by atoms with Gasteiger partial charge in [-0.3, -0.25) is 14.3 Å². The fourth-order valence-corrected chi connectivity index (χ4v) is 14.4. The monoisotopic (exact) mass is 834 g/mol. The van der Waals surface area contributed by atoms with Crippen molar-refractivity contribution in [1.29, 1.82) is 0 Å². The number of nitrogens with zero attached hydrogens (tertiary/aromatic N) is 3. The molecule has 1 aromatic rings. The minimum absolute atomic E-state index is 0.0266. The second-order valence-electron chi connectivity index (χ2n) is 22.3. The Morgan fingerprint density at radius 3 is 2.37 bits per heavy atom. The average Bonchev–Trinajstić information content (AvgIpc) is 3.67. The van der Waals surface area contributed by atoms with Gasteiger partial charge >= 0.3 is 5.97 Å². The van der Waals surface area contributed by atoms with Crippen LogP contribution in [-0.4, -0.2) is 58.0 Å². The number of aliphatic hydroxyl groups is 1. The van der Waals surface area contributed by atoms with Gasteiger partial charge < -0.3 is 14.7 Å². The number of rotatable bonds is 14. The van der Waals surface area contributed by atoms with Gasteiger partial charge in [0.2, 0.25) is 0 Å². The van der Waals surface area contributed by atoms with E-state index in [0.717, 1.165) is 44.5 Å². The Hall–Kier alpha value is -2.51. The predicted molar refractivity (Wildman–Crippen MR) is 244 cm³/mol. The van der Waals surface area contributed by atoms with Crippen molar-refractivity contribution < 1.29 is 14.6 Å². The van der Waals surface area contributed by atoms with Gasteiger partial charge in [-0.25, -0.2) is 4.68 Å². The molecule has 59 heavy (non-hydrogen) atoms. The summed E-state index contributed by atoms with van der Waals surface area (Å²) in [5, 5.41) is 10.1. The number of aromatic nitrogens is 2. The van der Waals surface area contributed by atoms with Crippen LogP contribution in [0, 0.1) is 56.2 Å². The number of alkyl halides is 1. The smallest absolute Gasteiger partial charge is 0.307 e. The van der Waals surface area contributed by atoms with Crippen molar-refractivity contribution in [2.45, 2.75) is 165 Å². The molecule has 5 aliphatic carbocycles. The quantitative estimate of drug-likeness (QED) is 0.0664. The maximum atomic E-state index is 14.1. The van der Waals surface area contributed by atoms with E-state index in [1.54, 1.807) is 11.1 Å². The van der Waals surface area contributed by atoms with Crippen LogP contribution < -0.4 is 5.56 Å². The molecule has 0 aromatic carbocycles. The summed E-state index contributed by atoms with van der Waals surface area (Å²) in [7, 11) is 4.22. The summed E-state index contributed by atoms with van der Waals surface area (Å²) in [5.41, 5.74) is 5.36. The van der Waals surface area contributed by atoms with Gasteiger partial charge in [0, 0.05) is 35.0 Å². The van der Waals surface area contributed by atoms with E-state index in [1.807, 2.05) is 37.6 Å². The van der Waals surface area contributed by atoms with Gasteiger partial charge in [-0.2, -0.15) is 0 Å². The first-order chi connectivity index (χ1) is 27.5. The molecule has 7 nitrogen and oxygen atoms in total. The summed E-state index contributed by atoms with van der Waals surface area (Å²) in [6, 6.07) is 1.96. The van der Waals surface area contributed by atoms with E-state index in [9.17, 15) is 14.7 Å². The van der Waals surface area contributed by atoms with Crippen molar-refractivity contribution in [2.24, 2.45) is 56.2 Å². The Labute approximate surface area is 362 Å². The molecule has 330 valence electrons. The molecule has 0 bridgehead atoms. The zero-order valence-electron chi connectivity index (χ0n) is 39.1. The highest BCUT2D eigenvalue weighted by atomic mass is 35.5. The standard InChI is InChI=1S/C51H80ClN3O4/c1-14-16-36(17-15-28-52)55-43(57)31-37(54(55)30-29-53(12)13)32-51-25-20-38(34(2)3)45(51)39-18-19-41-48(9)23-22-42(59-44(58)33-46(5,6)35(4)56)47(7,8)40(48)21-24-50(41,11)49(39,10)26-27-51/h14,16-17,31,34,39-42,56H,4,15,18-30,32-33H2,1-3,5-13H3/b16-14-,36-17+/t39?,40-,41+,42?,48?,49+,50+,51?/m0/s1. The number of carbonyl (C=O) groups is 1. The van der Waals surface area contributed by atoms with Gasteiger partial charge in [0.1, 0.15) is 6.10 Å². The molecule has 0 saturated heterocycles. The molecule has 0 amide bonds. The van der Waals surface area contributed by atoms with Crippen LogP contribution in [0.4, 0.5) is 0 Å². The number of esters is 1. The second kappa shape index (κ2) is 16.6. The molecule has 1 heterocycles. The summed E-state index contributed by atoms with van der Waals surface area (Å²) in [6.45, 7) is 28.6. The normalized spacial score (nSPS) is 34.5. The molecule has 0 spiro atoms. The zero-order valence-corrected chi connectivity index (χ0v) is 39.9. The lowest BCUT2D eigenvalue weighted by Gasteiger charge is -2.72. The topological polar surface area (TPSA) is 76.7 Å². The lowest BCUT2D eigenvalue weighted by molar-refractivity contribution is -0.233. The van der Waals surface area contributed by atoms with Crippen LogP contribution in [0.5, 0.6) is 0 Å². The van der Waals surface area contributed by atoms with E-state index in [4.69, 9.17) is 16.3 Å². The molecule has 1 N–H and O–H groups in total. The minimum atomic E-state index is -0.707. The highest BCUT2D eigenvalue weighted by Gasteiger charge is 2.69. The molecule has 8 heteroatoms. The number of hydrogen-bond donors (Lipinski definition) is 1. The SMILES string of the molecule is C=C(O)C(C)(C)CC(=O)OC1CCC2(C)[C@H]3CCC4C5=C(C(C)C)CCC5(Cc5cc(=O)n(C(/C=C\C)=C/CCCl)n5CCN(C)C)CC[C@@]4(C)[C@]3(C)CC[C@H]2C1(C)C. The number of hydrogen-bond acceptors (Lipinski definition) is 5. The third-order valence-corrected chi connectivity index (χ3v) is 18.0. The highest BCUT2D eigenvalue weighted by Crippen LogP contribution is 2.77. The van der Waals surface area contributed by atoms with Crippen LogP contribution in [-0.2, 0) is 22.5 Å². The largest absolute Gasteiger partial charge is 0.512 e. The number of fused-ring (bicyclic) bond motifs is 7. The summed E-state index contributed by atoms with van der Waals surface area (Å²) >= 11 is 6.17. The van der Waals surface area contributed by atoms with Crippen molar-refractivity contribution >= 4 is 23.3 Å². The van der Waals surface area contributed by atoms with Crippen molar-refractivity contribution in [3.05, 3.63) is 63.8 Å². The minimum Gasteiger partial charge on any atom is -0.512 e. The Bertz CT molecular complexity index is 1910. The van der Waals surface area contributed by atoms with Gasteiger partial charge in [0.15, 0.2) is 0 Å². The van der Waals surface area contributed by atoms with E-state index in [-0.39, 0.29) is 56.9 Å². The molecule has 4 unspecified atom stereocenters. The summed E-state index contributed by atoms with van der Waals surface area (Å²) in [6.07, 6.45) is 19.3. The van der Waals surface area contributed by atoms with Crippen LogP contribution in [0.15, 0.2) is 52.6 Å². The van der Waals surface area contributed by atoms with Crippen molar-refractivity contribution in [2.75, 3.05) is 26.5 Å². The zero-order chi connectivity index (χ0) is 43.5. The van der Waals surface area contributed by atoms with E-state index in [2.05, 4.69) is 90.9 Å². The predicted octanol–water partition coefficient (Wildman–Crippen LogP) is 12.0. The third-order valence-electron chi connectivity index (χ3n) is 17.8.